The summed E-state index contributed by atoms with van der Waals surface area (Å²) >= 11 is 0. The van der Waals surface area contributed by atoms with Crippen molar-refractivity contribution in [2.24, 2.45) is 0 Å². The number of rotatable bonds is 13. The molecule has 0 amide bonds. The lowest BCUT2D eigenvalue weighted by molar-refractivity contribution is -0.907. The lowest BCUT2D eigenvalue weighted by Crippen LogP contribution is -2.57. The quantitative estimate of drug-likeness (QED) is 0.270. The van der Waals surface area contributed by atoms with E-state index >= 15 is 0 Å². The van der Waals surface area contributed by atoms with E-state index in [-0.39, 0.29) is 6.54 Å². The number of nitrogens with zero attached hydrogens (tertiary/aromatic N) is 1. The van der Waals surface area contributed by atoms with Crippen LogP contribution in [-0.4, -0.2) is 63.9 Å². The number of carbonyl (C=O) groups is 3. The van der Waals surface area contributed by atoms with Crippen LogP contribution >= 0.6 is 0 Å². The Bertz CT molecular complexity index is 364. The number of allylic oxidation sites excluding steroid dienone is 2. The van der Waals surface area contributed by atoms with Crippen molar-refractivity contribution in [3.05, 3.63) is 12.2 Å². The Balaban J connectivity index is 4.60. The van der Waals surface area contributed by atoms with Crippen LogP contribution < -0.4 is 0 Å². The third-order valence-electron chi connectivity index (χ3n) is 3.32. The zero-order valence-electron chi connectivity index (χ0n) is 13.0. The molecule has 0 aliphatic rings. The fourth-order valence-electron chi connectivity index (χ4n) is 2.44. The van der Waals surface area contributed by atoms with Crippen LogP contribution in [-0.2, 0) is 14.4 Å². The van der Waals surface area contributed by atoms with Crippen LogP contribution in [0.2, 0.25) is 0 Å². The average Bonchev–Trinajstić information content (AvgIpc) is 2.35. The van der Waals surface area contributed by atoms with Crippen molar-refractivity contribution in [2.75, 3.05) is 26.2 Å². The monoisotopic (exact) mass is 316 g/mol. The van der Waals surface area contributed by atoms with E-state index in [1.165, 1.54) is 0 Å². The van der Waals surface area contributed by atoms with E-state index < -0.39 is 42.0 Å². The van der Waals surface area contributed by atoms with Crippen molar-refractivity contribution >= 4 is 17.9 Å². The van der Waals surface area contributed by atoms with E-state index in [0.717, 1.165) is 25.7 Å². The first-order valence-corrected chi connectivity index (χ1v) is 7.47. The van der Waals surface area contributed by atoms with Crippen molar-refractivity contribution in [3.8, 4) is 0 Å². The molecule has 0 aliphatic carbocycles. The first-order chi connectivity index (χ1) is 10.3. The van der Waals surface area contributed by atoms with Gasteiger partial charge in [0.2, 0.25) is 0 Å². The van der Waals surface area contributed by atoms with Crippen LogP contribution in [0.25, 0.3) is 0 Å². The van der Waals surface area contributed by atoms with Gasteiger partial charge in [-0.3, -0.25) is 4.48 Å². The molecule has 0 saturated carbocycles. The maximum Gasteiger partial charge on any atom is 0.359 e. The second-order valence-electron chi connectivity index (χ2n) is 5.45. The molecule has 0 heterocycles. The van der Waals surface area contributed by atoms with Crippen LogP contribution in [0.15, 0.2) is 12.2 Å². The predicted molar refractivity (Wildman–Crippen MR) is 80.5 cm³/mol. The highest BCUT2D eigenvalue weighted by Crippen LogP contribution is 2.12. The summed E-state index contributed by atoms with van der Waals surface area (Å²) in [5, 5.41) is 26.9. The molecule has 0 aromatic heterocycles. The number of hydrogen-bond acceptors (Lipinski definition) is 3. The SMILES string of the molecule is CC/C=C/CCCCC[N+](CC(=O)O)(CC(=O)O)CC(=O)O. The Morgan fingerprint density at radius 3 is 1.73 bits per heavy atom. The minimum absolute atomic E-state index is 0.238. The summed E-state index contributed by atoms with van der Waals surface area (Å²) < 4.78 is -0.454. The minimum atomic E-state index is -1.19. The summed E-state index contributed by atoms with van der Waals surface area (Å²) in [7, 11) is 0. The van der Waals surface area contributed by atoms with Gasteiger partial charge in [-0.2, -0.15) is 0 Å². The molecule has 0 atom stereocenters. The smallest absolute Gasteiger partial charge is 0.359 e. The highest BCUT2D eigenvalue weighted by Gasteiger charge is 2.35. The Labute approximate surface area is 130 Å². The molecule has 7 nitrogen and oxygen atoms in total. The normalized spacial score (nSPS) is 11.7. The van der Waals surface area contributed by atoms with Gasteiger partial charge < -0.3 is 15.3 Å². The molecular formula is C15H26NO6+. The van der Waals surface area contributed by atoms with Gasteiger partial charge in [-0.25, -0.2) is 14.4 Å². The fraction of sp³-hybridized carbons (Fsp3) is 0.667. The minimum Gasteiger partial charge on any atom is -0.477 e. The third kappa shape index (κ3) is 9.93. The molecule has 0 bridgehead atoms. The molecular weight excluding hydrogens is 290 g/mol. The molecule has 22 heavy (non-hydrogen) atoms. The highest BCUT2D eigenvalue weighted by molar-refractivity contribution is 5.73. The first kappa shape index (κ1) is 20.1. The Morgan fingerprint density at radius 2 is 1.32 bits per heavy atom. The topological polar surface area (TPSA) is 112 Å². The molecule has 126 valence electrons. The standard InChI is InChI=1S/C15H25NO6/c1-2-3-4-5-6-7-8-9-16(10-13(17)18,11-14(19)20)12-15(21)22/h3-4H,2,5-12H2,1H3,(H2-,17,18,19,20,21,22)/p+1/b4-3+. The number of aliphatic carboxylic acids is 3. The maximum atomic E-state index is 11.0. The van der Waals surface area contributed by atoms with Gasteiger partial charge in [-0.05, 0) is 32.1 Å². The molecule has 0 aliphatic heterocycles. The van der Waals surface area contributed by atoms with E-state index in [4.69, 9.17) is 15.3 Å². The van der Waals surface area contributed by atoms with Crippen LogP contribution in [0.3, 0.4) is 0 Å². The summed E-state index contributed by atoms with van der Waals surface area (Å²) in [6.07, 6.45) is 8.39. The Hall–Kier alpha value is -1.89. The molecule has 0 fully saturated rings. The van der Waals surface area contributed by atoms with Crippen molar-refractivity contribution in [1.29, 1.82) is 0 Å². The van der Waals surface area contributed by atoms with Gasteiger partial charge in [0.25, 0.3) is 0 Å². The van der Waals surface area contributed by atoms with Gasteiger partial charge in [-0.1, -0.05) is 19.1 Å². The molecule has 7 heteroatoms. The van der Waals surface area contributed by atoms with E-state index in [1.54, 1.807) is 0 Å². The summed E-state index contributed by atoms with van der Waals surface area (Å²) in [5.74, 6) is -3.56. The average molecular weight is 316 g/mol. The molecule has 0 saturated heterocycles. The molecule has 0 aromatic carbocycles. The largest absolute Gasteiger partial charge is 0.477 e. The van der Waals surface area contributed by atoms with Gasteiger partial charge in [-0.15, -0.1) is 0 Å². The predicted octanol–water partition coefficient (Wildman–Crippen LogP) is 1.58. The fourth-order valence-corrected chi connectivity index (χ4v) is 2.44. The van der Waals surface area contributed by atoms with E-state index in [9.17, 15) is 14.4 Å². The van der Waals surface area contributed by atoms with Crippen molar-refractivity contribution in [3.63, 3.8) is 0 Å². The van der Waals surface area contributed by atoms with Crippen LogP contribution in [0.1, 0.15) is 39.0 Å². The summed E-state index contributed by atoms with van der Waals surface area (Å²) in [4.78, 5) is 32.9. The Kier molecular flexibility index (Phi) is 9.86. The van der Waals surface area contributed by atoms with Crippen molar-refractivity contribution in [1.82, 2.24) is 0 Å². The molecule has 0 rings (SSSR count). The molecule has 3 N–H and O–H groups in total. The van der Waals surface area contributed by atoms with Gasteiger partial charge in [0.15, 0.2) is 19.6 Å². The zero-order chi connectivity index (χ0) is 17.0. The van der Waals surface area contributed by atoms with Crippen molar-refractivity contribution < 1.29 is 34.2 Å². The van der Waals surface area contributed by atoms with Gasteiger partial charge in [0, 0.05) is 0 Å². The number of hydrogen-bond donors (Lipinski definition) is 3. The third-order valence-corrected chi connectivity index (χ3v) is 3.32. The van der Waals surface area contributed by atoms with E-state index in [0.29, 0.717) is 6.42 Å². The van der Waals surface area contributed by atoms with Gasteiger partial charge in [0.1, 0.15) is 0 Å². The van der Waals surface area contributed by atoms with E-state index in [1.807, 2.05) is 6.92 Å². The molecule has 0 radical (unpaired) electrons. The number of carboxylic acids is 3. The van der Waals surface area contributed by atoms with Crippen LogP contribution in [0.5, 0.6) is 0 Å². The molecule has 0 unspecified atom stereocenters. The van der Waals surface area contributed by atoms with E-state index in [2.05, 4.69) is 12.2 Å². The summed E-state index contributed by atoms with van der Waals surface area (Å²) in [6, 6.07) is 0. The molecule has 0 spiro atoms. The Morgan fingerprint density at radius 1 is 0.818 bits per heavy atom. The lowest BCUT2D eigenvalue weighted by Gasteiger charge is -2.34. The van der Waals surface area contributed by atoms with Gasteiger partial charge >= 0.3 is 17.9 Å². The van der Waals surface area contributed by atoms with Crippen LogP contribution in [0.4, 0.5) is 0 Å². The second kappa shape index (κ2) is 10.8. The number of unbranched alkanes of at least 4 members (excludes halogenated alkanes) is 3. The first-order valence-electron chi connectivity index (χ1n) is 7.47. The van der Waals surface area contributed by atoms with Gasteiger partial charge in [0.05, 0.1) is 6.54 Å². The second-order valence-corrected chi connectivity index (χ2v) is 5.45. The summed E-state index contributed by atoms with van der Waals surface area (Å²) in [5.41, 5.74) is 0. The lowest BCUT2D eigenvalue weighted by atomic mass is 10.1. The number of quaternary nitrogens is 1. The molecule has 0 aromatic rings. The van der Waals surface area contributed by atoms with Crippen molar-refractivity contribution in [2.45, 2.75) is 39.0 Å². The summed E-state index contributed by atoms with van der Waals surface area (Å²) in [6.45, 7) is 0.811. The maximum absolute atomic E-state index is 11.0. The van der Waals surface area contributed by atoms with Crippen LogP contribution in [0, 0.1) is 0 Å². The highest BCUT2D eigenvalue weighted by atomic mass is 16.4. The number of carboxylic acid groups (broad SMARTS) is 3. The zero-order valence-corrected chi connectivity index (χ0v) is 13.0.